The predicted molar refractivity (Wildman–Crippen MR) is 95.1 cm³/mol. The largest absolute Gasteiger partial charge is 0.392 e. The van der Waals surface area contributed by atoms with E-state index in [0.29, 0.717) is 0 Å². The Bertz CT molecular complexity index is 598. The molecule has 1 heterocycles. The van der Waals surface area contributed by atoms with E-state index < -0.39 is 0 Å². The van der Waals surface area contributed by atoms with Crippen LogP contribution in [-0.2, 0) is 0 Å². The van der Waals surface area contributed by atoms with Crippen LogP contribution in [0.15, 0.2) is 60.7 Å². The van der Waals surface area contributed by atoms with Crippen molar-refractivity contribution < 1.29 is 5.11 Å². The summed E-state index contributed by atoms with van der Waals surface area (Å²) >= 11 is 0. The van der Waals surface area contributed by atoms with Crippen molar-refractivity contribution in [2.45, 2.75) is 44.9 Å². The fourth-order valence-electron chi connectivity index (χ4n) is 3.99. The third-order valence-corrected chi connectivity index (χ3v) is 5.23. The van der Waals surface area contributed by atoms with Crippen molar-refractivity contribution in [3.63, 3.8) is 0 Å². The predicted octanol–water partition coefficient (Wildman–Crippen LogP) is 4.49. The van der Waals surface area contributed by atoms with E-state index >= 15 is 0 Å². The lowest BCUT2D eigenvalue weighted by Crippen LogP contribution is -2.49. The first-order valence-corrected chi connectivity index (χ1v) is 8.76. The van der Waals surface area contributed by atoms with Gasteiger partial charge in [0.15, 0.2) is 0 Å². The summed E-state index contributed by atoms with van der Waals surface area (Å²) < 4.78 is 0. The van der Waals surface area contributed by atoms with Gasteiger partial charge in [-0.3, -0.25) is 0 Å². The molecule has 23 heavy (non-hydrogen) atoms. The van der Waals surface area contributed by atoms with E-state index in [9.17, 15) is 5.11 Å². The maximum atomic E-state index is 11.0. The fourth-order valence-corrected chi connectivity index (χ4v) is 3.99. The second-order valence-electron chi connectivity index (χ2n) is 6.75. The zero-order valence-electron chi connectivity index (χ0n) is 14.0. The minimum absolute atomic E-state index is 0.185. The molecule has 2 nitrogen and oxygen atoms in total. The van der Waals surface area contributed by atoms with Gasteiger partial charge in [-0.2, -0.15) is 0 Å². The molecule has 1 aliphatic rings. The number of aliphatic hydroxyl groups is 1. The van der Waals surface area contributed by atoms with Crippen molar-refractivity contribution in [1.82, 2.24) is 5.32 Å². The highest BCUT2D eigenvalue weighted by Crippen LogP contribution is 2.42. The quantitative estimate of drug-likeness (QED) is 0.872. The number of nitrogens with one attached hydrogen (secondary N) is 1. The molecule has 0 radical (unpaired) electrons. The smallest absolute Gasteiger partial charge is 0.0630 e. The molecule has 122 valence electrons. The summed E-state index contributed by atoms with van der Waals surface area (Å²) in [4.78, 5) is 0. The summed E-state index contributed by atoms with van der Waals surface area (Å²) in [6.07, 6.45) is 1.85. The van der Waals surface area contributed by atoms with E-state index in [2.05, 4.69) is 73.8 Å². The van der Waals surface area contributed by atoms with E-state index in [4.69, 9.17) is 0 Å². The zero-order valence-corrected chi connectivity index (χ0v) is 14.0. The number of piperidine rings is 1. The van der Waals surface area contributed by atoms with Gasteiger partial charge in [0.25, 0.3) is 0 Å². The first kappa shape index (κ1) is 16.2. The molecule has 0 spiro atoms. The normalized spacial score (nSPS) is 31.0. The average molecular weight is 309 g/mol. The molecule has 0 aromatic heterocycles. The summed E-state index contributed by atoms with van der Waals surface area (Å²) in [5.41, 5.74) is 2.53. The lowest BCUT2D eigenvalue weighted by atomic mass is 9.72. The van der Waals surface area contributed by atoms with Crippen molar-refractivity contribution >= 4 is 0 Å². The SMILES string of the molecule is CCC[C@H]1[C@@H](O)[C@@H](C)[C@@H](c2ccccc2)N[C@@H]1c1ccccc1. The second-order valence-corrected chi connectivity index (χ2v) is 6.75. The number of hydrogen-bond donors (Lipinski definition) is 2. The summed E-state index contributed by atoms with van der Waals surface area (Å²) in [5, 5.41) is 14.8. The third kappa shape index (κ3) is 3.34. The molecule has 0 bridgehead atoms. The van der Waals surface area contributed by atoms with E-state index in [-0.39, 0.29) is 30.0 Å². The van der Waals surface area contributed by atoms with Gasteiger partial charge in [-0.25, -0.2) is 0 Å². The summed E-state index contributed by atoms with van der Waals surface area (Å²) in [6.45, 7) is 4.36. The lowest BCUT2D eigenvalue weighted by molar-refractivity contribution is -0.0184. The van der Waals surface area contributed by atoms with Crippen LogP contribution in [0.4, 0.5) is 0 Å². The Balaban J connectivity index is 1.94. The molecule has 1 fully saturated rings. The van der Waals surface area contributed by atoms with Gasteiger partial charge in [-0.05, 0) is 17.5 Å². The molecule has 2 heteroatoms. The second kappa shape index (κ2) is 7.29. The molecular formula is C21H27NO. The summed E-state index contributed by atoms with van der Waals surface area (Å²) in [7, 11) is 0. The Labute approximate surface area is 139 Å². The van der Waals surface area contributed by atoms with Gasteiger partial charge < -0.3 is 10.4 Å². The van der Waals surface area contributed by atoms with Crippen LogP contribution in [0.1, 0.15) is 49.9 Å². The first-order chi connectivity index (χ1) is 11.2. The minimum Gasteiger partial charge on any atom is -0.392 e. The lowest BCUT2D eigenvalue weighted by Gasteiger charge is -2.45. The van der Waals surface area contributed by atoms with Gasteiger partial charge >= 0.3 is 0 Å². The van der Waals surface area contributed by atoms with E-state index in [1.807, 2.05) is 6.07 Å². The maximum absolute atomic E-state index is 11.0. The van der Waals surface area contributed by atoms with E-state index in [0.717, 1.165) is 12.8 Å². The Hall–Kier alpha value is -1.64. The van der Waals surface area contributed by atoms with Gasteiger partial charge in [0.05, 0.1) is 6.10 Å². The van der Waals surface area contributed by atoms with Crippen molar-refractivity contribution in [2.75, 3.05) is 0 Å². The Morgan fingerprint density at radius 1 is 0.870 bits per heavy atom. The number of aliphatic hydroxyl groups excluding tert-OH is 1. The molecule has 2 N–H and O–H groups in total. The van der Waals surface area contributed by atoms with Crippen LogP contribution in [0, 0.1) is 11.8 Å². The first-order valence-electron chi connectivity index (χ1n) is 8.76. The standard InChI is InChI=1S/C21H27NO/c1-3-10-18-20(17-13-8-5-9-14-17)22-19(15(2)21(18)23)16-11-6-4-7-12-16/h4-9,11-15,18-23H,3,10H2,1-2H3/t15-,18+,19-,20+,21-/m0/s1. The fraction of sp³-hybridized carbons (Fsp3) is 0.429. The molecule has 0 amide bonds. The van der Waals surface area contributed by atoms with E-state index in [1.54, 1.807) is 0 Å². The molecule has 1 saturated heterocycles. The molecule has 3 rings (SSSR count). The highest BCUT2D eigenvalue weighted by molar-refractivity contribution is 5.26. The van der Waals surface area contributed by atoms with Crippen LogP contribution in [0.5, 0.6) is 0 Å². The Kier molecular flexibility index (Phi) is 5.14. The molecule has 0 unspecified atom stereocenters. The molecule has 2 aromatic rings. The van der Waals surface area contributed by atoms with Gasteiger partial charge in [0.1, 0.15) is 0 Å². The van der Waals surface area contributed by atoms with Crippen molar-refractivity contribution in [1.29, 1.82) is 0 Å². The van der Waals surface area contributed by atoms with Crippen molar-refractivity contribution in [3.05, 3.63) is 71.8 Å². The van der Waals surface area contributed by atoms with Gasteiger partial charge in [0.2, 0.25) is 0 Å². The minimum atomic E-state index is -0.286. The molecular weight excluding hydrogens is 282 g/mol. The average Bonchev–Trinajstić information content (AvgIpc) is 2.61. The zero-order chi connectivity index (χ0) is 16.2. The molecule has 0 saturated carbocycles. The third-order valence-electron chi connectivity index (χ3n) is 5.23. The van der Waals surface area contributed by atoms with Crippen molar-refractivity contribution in [2.24, 2.45) is 11.8 Å². The highest BCUT2D eigenvalue weighted by Gasteiger charge is 2.41. The van der Waals surface area contributed by atoms with Crippen molar-refractivity contribution in [3.8, 4) is 0 Å². The molecule has 2 aromatic carbocycles. The molecule has 0 aliphatic carbocycles. The van der Waals surface area contributed by atoms with Crippen LogP contribution in [-0.4, -0.2) is 11.2 Å². The molecule has 1 aliphatic heterocycles. The summed E-state index contributed by atoms with van der Waals surface area (Å²) in [6, 6.07) is 21.5. The van der Waals surface area contributed by atoms with Gasteiger partial charge in [0, 0.05) is 23.9 Å². The van der Waals surface area contributed by atoms with Crippen LogP contribution in [0.3, 0.4) is 0 Å². The van der Waals surface area contributed by atoms with Crippen LogP contribution < -0.4 is 5.32 Å². The number of rotatable bonds is 4. The van der Waals surface area contributed by atoms with Gasteiger partial charge in [-0.1, -0.05) is 80.9 Å². The van der Waals surface area contributed by atoms with E-state index in [1.165, 1.54) is 11.1 Å². The number of benzene rings is 2. The Morgan fingerprint density at radius 2 is 1.39 bits per heavy atom. The maximum Gasteiger partial charge on any atom is 0.0630 e. The van der Waals surface area contributed by atoms with Crippen LogP contribution >= 0.6 is 0 Å². The van der Waals surface area contributed by atoms with Gasteiger partial charge in [-0.15, -0.1) is 0 Å². The Morgan fingerprint density at radius 3 is 1.91 bits per heavy atom. The summed E-state index contributed by atoms with van der Waals surface area (Å²) in [5.74, 6) is 0.464. The monoisotopic (exact) mass is 309 g/mol. The highest BCUT2D eigenvalue weighted by atomic mass is 16.3. The topological polar surface area (TPSA) is 32.3 Å². The number of hydrogen-bond acceptors (Lipinski definition) is 2. The molecule has 5 atom stereocenters. The van der Waals surface area contributed by atoms with Crippen LogP contribution in [0.2, 0.25) is 0 Å². The van der Waals surface area contributed by atoms with Crippen LogP contribution in [0.25, 0.3) is 0 Å².